The predicted octanol–water partition coefficient (Wildman–Crippen LogP) is 2.02. The van der Waals surface area contributed by atoms with Gasteiger partial charge in [0.05, 0.1) is 13.7 Å². The molecule has 0 saturated heterocycles. The number of benzene rings is 1. The Morgan fingerprint density at radius 3 is 2.72 bits per heavy atom. The fraction of sp³-hybridized carbons (Fsp3) is 0.357. The van der Waals surface area contributed by atoms with Crippen molar-refractivity contribution in [3.63, 3.8) is 0 Å². The van der Waals surface area contributed by atoms with Crippen LogP contribution in [0.5, 0.6) is 5.75 Å². The van der Waals surface area contributed by atoms with Crippen LogP contribution in [-0.2, 0) is 9.53 Å². The van der Waals surface area contributed by atoms with E-state index >= 15 is 0 Å². The van der Waals surface area contributed by atoms with Gasteiger partial charge in [-0.2, -0.15) is 0 Å². The summed E-state index contributed by atoms with van der Waals surface area (Å²) in [6.07, 6.45) is -1.07. The zero-order valence-corrected chi connectivity index (χ0v) is 10.7. The molecule has 1 rings (SSSR count). The summed E-state index contributed by atoms with van der Waals surface area (Å²) in [7, 11) is 1.56. The van der Waals surface area contributed by atoms with E-state index in [1.165, 1.54) is 0 Å². The molecule has 0 aliphatic heterocycles. The Morgan fingerprint density at radius 2 is 2.11 bits per heavy atom. The third-order valence-corrected chi connectivity index (χ3v) is 2.49. The second-order valence-corrected chi connectivity index (χ2v) is 3.78. The highest BCUT2D eigenvalue weighted by Gasteiger charge is 2.19. The summed E-state index contributed by atoms with van der Waals surface area (Å²) in [5.74, 6) is 0.0344. The number of para-hydroxylation sites is 1. The van der Waals surface area contributed by atoms with Gasteiger partial charge in [0, 0.05) is 12.0 Å². The molecule has 4 heteroatoms. The van der Waals surface area contributed by atoms with Gasteiger partial charge in [-0.25, -0.2) is 4.79 Å². The fourth-order valence-electron chi connectivity index (χ4n) is 1.60. The van der Waals surface area contributed by atoms with Crippen LogP contribution < -0.4 is 4.74 Å². The molecule has 0 unspecified atom stereocenters. The van der Waals surface area contributed by atoms with Gasteiger partial charge in [-0.15, -0.1) is 0 Å². The minimum atomic E-state index is -1.19. The van der Waals surface area contributed by atoms with E-state index in [0.29, 0.717) is 11.3 Å². The lowest BCUT2D eigenvalue weighted by molar-refractivity contribution is -0.152. The number of hydrogen-bond donors (Lipinski definition) is 1. The number of esters is 1. The molecule has 0 aromatic heterocycles. The highest BCUT2D eigenvalue weighted by Crippen LogP contribution is 2.27. The van der Waals surface area contributed by atoms with Crippen LogP contribution in [0.25, 0.3) is 5.57 Å². The molecule has 0 spiro atoms. The topological polar surface area (TPSA) is 55.8 Å². The normalized spacial score (nSPS) is 11.7. The standard InChI is InChI=1S/C14H18O4/c1-4-18-14(16)12(15)9-10(2)11-7-5-6-8-13(11)17-3/h5-8,12,15H,2,4,9H2,1,3H3/t12-/m1/s1. The summed E-state index contributed by atoms with van der Waals surface area (Å²) in [5.41, 5.74) is 1.41. The van der Waals surface area contributed by atoms with E-state index in [0.717, 1.165) is 5.56 Å². The van der Waals surface area contributed by atoms with E-state index in [9.17, 15) is 9.90 Å². The average Bonchev–Trinajstić information content (AvgIpc) is 2.38. The number of hydrogen-bond acceptors (Lipinski definition) is 4. The fourth-order valence-corrected chi connectivity index (χ4v) is 1.60. The van der Waals surface area contributed by atoms with Gasteiger partial charge in [0.15, 0.2) is 6.10 Å². The molecule has 0 aliphatic carbocycles. The van der Waals surface area contributed by atoms with Crippen molar-refractivity contribution >= 4 is 11.5 Å². The van der Waals surface area contributed by atoms with Gasteiger partial charge >= 0.3 is 5.97 Å². The summed E-state index contributed by atoms with van der Waals surface area (Å²) >= 11 is 0. The van der Waals surface area contributed by atoms with Gasteiger partial charge in [0.2, 0.25) is 0 Å². The van der Waals surface area contributed by atoms with Crippen LogP contribution in [0, 0.1) is 0 Å². The molecule has 4 nitrogen and oxygen atoms in total. The van der Waals surface area contributed by atoms with E-state index in [1.54, 1.807) is 20.1 Å². The van der Waals surface area contributed by atoms with Crippen molar-refractivity contribution in [2.24, 2.45) is 0 Å². The summed E-state index contributed by atoms with van der Waals surface area (Å²) in [6.45, 7) is 5.81. The van der Waals surface area contributed by atoms with E-state index in [-0.39, 0.29) is 13.0 Å². The molecule has 1 aromatic carbocycles. The highest BCUT2D eigenvalue weighted by atomic mass is 16.5. The van der Waals surface area contributed by atoms with Crippen LogP contribution in [0.3, 0.4) is 0 Å². The van der Waals surface area contributed by atoms with Crippen LogP contribution in [-0.4, -0.2) is 30.9 Å². The molecule has 0 aliphatic rings. The smallest absolute Gasteiger partial charge is 0.335 e. The van der Waals surface area contributed by atoms with E-state index < -0.39 is 12.1 Å². The Kier molecular flexibility index (Phi) is 5.39. The van der Waals surface area contributed by atoms with Gasteiger partial charge in [0.1, 0.15) is 5.75 Å². The number of aliphatic hydroxyl groups excluding tert-OH is 1. The Bertz CT molecular complexity index is 426. The third kappa shape index (κ3) is 3.60. The first-order valence-electron chi connectivity index (χ1n) is 5.76. The lowest BCUT2D eigenvalue weighted by atomic mass is 10.0. The Balaban J connectivity index is 2.73. The van der Waals surface area contributed by atoms with Crippen molar-refractivity contribution < 1.29 is 19.4 Å². The minimum absolute atomic E-state index is 0.124. The van der Waals surface area contributed by atoms with Crippen LogP contribution in [0.1, 0.15) is 18.9 Å². The van der Waals surface area contributed by atoms with Crippen molar-refractivity contribution in [3.8, 4) is 5.75 Å². The van der Waals surface area contributed by atoms with Crippen molar-refractivity contribution in [1.29, 1.82) is 0 Å². The third-order valence-electron chi connectivity index (χ3n) is 2.49. The van der Waals surface area contributed by atoms with E-state index in [4.69, 9.17) is 9.47 Å². The van der Waals surface area contributed by atoms with Crippen molar-refractivity contribution in [2.45, 2.75) is 19.4 Å². The molecule has 0 amide bonds. The lowest BCUT2D eigenvalue weighted by Gasteiger charge is -2.14. The number of aliphatic hydroxyl groups is 1. The first-order chi connectivity index (χ1) is 8.60. The molecule has 0 fully saturated rings. The van der Waals surface area contributed by atoms with E-state index in [2.05, 4.69) is 6.58 Å². The lowest BCUT2D eigenvalue weighted by Crippen LogP contribution is -2.23. The molecular formula is C14H18O4. The second kappa shape index (κ2) is 6.81. The van der Waals surface area contributed by atoms with Gasteiger partial charge in [-0.1, -0.05) is 24.8 Å². The molecule has 18 heavy (non-hydrogen) atoms. The number of carbonyl (C=O) groups is 1. The average molecular weight is 250 g/mol. The first-order valence-corrected chi connectivity index (χ1v) is 5.76. The van der Waals surface area contributed by atoms with Crippen LogP contribution in [0.4, 0.5) is 0 Å². The second-order valence-electron chi connectivity index (χ2n) is 3.78. The number of ether oxygens (including phenoxy) is 2. The van der Waals surface area contributed by atoms with Gasteiger partial charge in [-0.05, 0) is 18.6 Å². The maximum atomic E-state index is 11.3. The van der Waals surface area contributed by atoms with Crippen LogP contribution in [0.15, 0.2) is 30.8 Å². The molecule has 0 heterocycles. The Hall–Kier alpha value is -1.81. The largest absolute Gasteiger partial charge is 0.496 e. The number of rotatable bonds is 6. The number of methoxy groups -OCH3 is 1. The molecule has 1 N–H and O–H groups in total. The van der Waals surface area contributed by atoms with Crippen molar-refractivity contribution in [2.75, 3.05) is 13.7 Å². The first kappa shape index (κ1) is 14.3. The summed E-state index contributed by atoms with van der Waals surface area (Å²) in [5, 5.41) is 9.67. The molecule has 0 bridgehead atoms. The summed E-state index contributed by atoms with van der Waals surface area (Å²) < 4.78 is 9.93. The zero-order valence-electron chi connectivity index (χ0n) is 10.7. The van der Waals surface area contributed by atoms with Crippen molar-refractivity contribution in [1.82, 2.24) is 0 Å². The maximum Gasteiger partial charge on any atom is 0.335 e. The monoisotopic (exact) mass is 250 g/mol. The molecular weight excluding hydrogens is 232 g/mol. The van der Waals surface area contributed by atoms with E-state index in [1.807, 2.05) is 18.2 Å². The van der Waals surface area contributed by atoms with Crippen LogP contribution in [0.2, 0.25) is 0 Å². The van der Waals surface area contributed by atoms with Gasteiger partial charge in [-0.3, -0.25) is 0 Å². The summed E-state index contributed by atoms with van der Waals surface area (Å²) in [6, 6.07) is 7.33. The highest BCUT2D eigenvalue weighted by molar-refractivity contribution is 5.79. The maximum absolute atomic E-state index is 11.3. The predicted molar refractivity (Wildman–Crippen MR) is 69.3 cm³/mol. The van der Waals surface area contributed by atoms with Gasteiger partial charge in [0.25, 0.3) is 0 Å². The van der Waals surface area contributed by atoms with Gasteiger partial charge < -0.3 is 14.6 Å². The Labute approximate surface area is 107 Å². The zero-order chi connectivity index (χ0) is 13.5. The quantitative estimate of drug-likeness (QED) is 0.785. The molecule has 1 aromatic rings. The number of carbonyl (C=O) groups excluding carboxylic acids is 1. The molecule has 0 saturated carbocycles. The molecule has 1 atom stereocenters. The summed E-state index contributed by atoms with van der Waals surface area (Å²) in [4.78, 5) is 11.3. The Morgan fingerprint density at radius 1 is 1.44 bits per heavy atom. The molecule has 98 valence electrons. The molecule has 0 radical (unpaired) electrons. The van der Waals surface area contributed by atoms with Crippen molar-refractivity contribution in [3.05, 3.63) is 36.4 Å². The minimum Gasteiger partial charge on any atom is -0.496 e. The van der Waals surface area contributed by atoms with Crippen LogP contribution >= 0.6 is 0 Å². The SMILES string of the molecule is C=C(C[C@@H](O)C(=O)OCC)c1ccccc1OC.